The van der Waals surface area contributed by atoms with Crippen molar-refractivity contribution in [1.29, 1.82) is 0 Å². The Morgan fingerprint density at radius 1 is 1.20 bits per heavy atom. The van der Waals surface area contributed by atoms with Crippen LogP contribution in [0.4, 0.5) is 0 Å². The minimum absolute atomic E-state index is 0.136. The summed E-state index contributed by atoms with van der Waals surface area (Å²) in [6.07, 6.45) is 5.80. The van der Waals surface area contributed by atoms with Crippen molar-refractivity contribution < 1.29 is 19.0 Å². The number of fused-ring (bicyclic) bond motifs is 2. The van der Waals surface area contributed by atoms with E-state index in [0.717, 1.165) is 44.1 Å². The normalized spacial score (nSPS) is 32.3. The van der Waals surface area contributed by atoms with Crippen molar-refractivity contribution in [1.82, 2.24) is 0 Å². The monoisotopic (exact) mass is 280 g/mol. The average molecular weight is 280 g/mol. The van der Waals surface area contributed by atoms with E-state index in [9.17, 15) is 4.79 Å². The molecule has 0 bridgehead atoms. The Bertz CT molecular complexity index is 434. The van der Waals surface area contributed by atoms with Crippen molar-refractivity contribution >= 4 is 5.97 Å². The Morgan fingerprint density at radius 3 is 2.60 bits per heavy atom. The van der Waals surface area contributed by atoms with Crippen LogP contribution in [0.5, 0.6) is 0 Å². The van der Waals surface area contributed by atoms with Gasteiger partial charge in [-0.15, -0.1) is 0 Å². The Morgan fingerprint density at radius 2 is 1.90 bits per heavy atom. The van der Waals surface area contributed by atoms with Crippen LogP contribution in [0.2, 0.25) is 0 Å². The van der Waals surface area contributed by atoms with Crippen LogP contribution in [0.15, 0.2) is 11.1 Å². The van der Waals surface area contributed by atoms with E-state index in [1.54, 1.807) is 0 Å². The molecule has 1 heterocycles. The molecule has 2 fully saturated rings. The van der Waals surface area contributed by atoms with Gasteiger partial charge in [0, 0.05) is 17.4 Å². The number of carbonyl (C=O) groups is 1. The van der Waals surface area contributed by atoms with E-state index in [4.69, 9.17) is 14.2 Å². The van der Waals surface area contributed by atoms with Gasteiger partial charge in [0.05, 0.1) is 19.8 Å². The molecule has 0 radical (unpaired) electrons. The Kier molecular flexibility index (Phi) is 3.63. The van der Waals surface area contributed by atoms with E-state index in [0.29, 0.717) is 19.8 Å². The maximum absolute atomic E-state index is 12.2. The summed E-state index contributed by atoms with van der Waals surface area (Å²) in [7, 11) is 0. The molecule has 1 aliphatic heterocycles. The summed E-state index contributed by atoms with van der Waals surface area (Å²) in [6, 6.07) is 0. The molecule has 3 rings (SSSR count). The highest BCUT2D eigenvalue weighted by atomic mass is 16.7. The van der Waals surface area contributed by atoms with Gasteiger partial charge in [-0.2, -0.15) is 0 Å². The van der Waals surface area contributed by atoms with Crippen molar-refractivity contribution in [2.75, 3.05) is 19.8 Å². The van der Waals surface area contributed by atoms with Gasteiger partial charge in [0.1, 0.15) is 0 Å². The molecule has 0 amide bonds. The topological polar surface area (TPSA) is 44.8 Å². The summed E-state index contributed by atoms with van der Waals surface area (Å²) in [5.41, 5.74) is 1.95. The van der Waals surface area contributed by atoms with E-state index < -0.39 is 5.79 Å². The van der Waals surface area contributed by atoms with Crippen LogP contribution in [0, 0.1) is 5.41 Å². The molecule has 2 aliphatic carbocycles. The lowest BCUT2D eigenvalue weighted by molar-refractivity contribution is -0.238. The molecule has 0 unspecified atom stereocenters. The lowest BCUT2D eigenvalue weighted by Gasteiger charge is -2.52. The first-order valence-corrected chi connectivity index (χ1v) is 7.80. The SMILES string of the molecule is CCOC(=O)C1=C2CCCC3(OCCO3)[C@]2(C)CCC1. The van der Waals surface area contributed by atoms with Crippen LogP contribution in [0.3, 0.4) is 0 Å². The van der Waals surface area contributed by atoms with E-state index in [1.165, 1.54) is 5.57 Å². The van der Waals surface area contributed by atoms with Gasteiger partial charge in [-0.05, 0) is 44.6 Å². The van der Waals surface area contributed by atoms with Crippen molar-refractivity contribution in [3.8, 4) is 0 Å². The third-order valence-electron chi connectivity index (χ3n) is 5.18. The van der Waals surface area contributed by atoms with Gasteiger partial charge in [0.25, 0.3) is 0 Å². The predicted molar refractivity (Wildman–Crippen MR) is 74.1 cm³/mol. The largest absolute Gasteiger partial charge is 0.463 e. The molecule has 1 atom stereocenters. The van der Waals surface area contributed by atoms with Crippen LogP contribution in [-0.4, -0.2) is 31.6 Å². The number of hydrogen-bond acceptors (Lipinski definition) is 4. The fraction of sp³-hybridized carbons (Fsp3) is 0.812. The molecule has 0 N–H and O–H groups in total. The summed E-state index contributed by atoms with van der Waals surface area (Å²) in [6.45, 7) is 5.83. The fourth-order valence-electron chi connectivity index (χ4n) is 4.24. The molecule has 1 saturated carbocycles. The highest BCUT2D eigenvalue weighted by Crippen LogP contribution is 2.57. The lowest BCUT2D eigenvalue weighted by Crippen LogP contribution is -2.52. The molecule has 20 heavy (non-hydrogen) atoms. The van der Waals surface area contributed by atoms with Crippen molar-refractivity contribution in [2.45, 2.75) is 58.2 Å². The first-order valence-electron chi connectivity index (χ1n) is 7.80. The zero-order chi connectivity index (χ0) is 14.2. The number of ether oxygens (including phenoxy) is 3. The summed E-state index contributed by atoms with van der Waals surface area (Å²) >= 11 is 0. The van der Waals surface area contributed by atoms with Gasteiger partial charge in [0.2, 0.25) is 0 Å². The molecule has 0 aromatic carbocycles. The third kappa shape index (κ3) is 1.92. The van der Waals surface area contributed by atoms with E-state index in [1.807, 2.05) is 6.92 Å². The number of hydrogen-bond donors (Lipinski definition) is 0. The van der Waals surface area contributed by atoms with Crippen LogP contribution < -0.4 is 0 Å². The molecule has 1 saturated heterocycles. The zero-order valence-electron chi connectivity index (χ0n) is 12.5. The highest BCUT2D eigenvalue weighted by molar-refractivity contribution is 5.90. The maximum atomic E-state index is 12.2. The second kappa shape index (κ2) is 5.15. The van der Waals surface area contributed by atoms with Crippen LogP contribution in [0.25, 0.3) is 0 Å². The standard InChI is InChI=1S/C16H24O4/c1-3-18-14(17)12-6-4-8-15(2)13(12)7-5-9-16(15)19-10-11-20-16/h3-11H2,1-2H3/t15-/m1/s1. The van der Waals surface area contributed by atoms with Crippen LogP contribution >= 0.6 is 0 Å². The second-order valence-electron chi connectivity index (χ2n) is 6.17. The minimum atomic E-state index is -0.501. The predicted octanol–water partition coefficient (Wildman–Crippen LogP) is 2.96. The number of carbonyl (C=O) groups excluding carboxylic acids is 1. The molecule has 112 valence electrons. The summed E-state index contributed by atoms with van der Waals surface area (Å²) in [4.78, 5) is 12.2. The first kappa shape index (κ1) is 14.1. The molecule has 4 heteroatoms. The van der Waals surface area contributed by atoms with Gasteiger partial charge >= 0.3 is 5.97 Å². The Balaban J connectivity index is 2.01. The lowest BCUT2D eigenvalue weighted by atomic mass is 9.60. The number of rotatable bonds is 2. The quantitative estimate of drug-likeness (QED) is 0.729. The molecular weight excluding hydrogens is 256 g/mol. The third-order valence-corrected chi connectivity index (χ3v) is 5.18. The van der Waals surface area contributed by atoms with Crippen molar-refractivity contribution in [3.05, 3.63) is 11.1 Å². The number of esters is 1. The molecule has 4 nitrogen and oxygen atoms in total. The Hall–Kier alpha value is -0.870. The molecule has 0 aromatic rings. The van der Waals surface area contributed by atoms with E-state index >= 15 is 0 Å². The van der Waals surface area contributed by atoms with Crippen LogP contribution in [-0.2, 0) is 19.0 Å². The smallest absolute Gasteiger partial charge is 0.333 e. The molecule has 0 aromatic heterocycles. The minimum Gasteiger partial charge on any atom is -0.463 e. The fourth-order valence-corrected chi connectivity index (χ4v) is 4.24. The van der Waals surface area contributed by atoms with Gasteiger partial charge in [-0.1, -0.05) is 6.92 Å². The van der Waals surface area contributed by atoms with Crippen molar-refractivity contribution in [3.63, 3.8) is 0 Å². The molecule has 1 spiro atoms. The van der Waals surface area contributed by atoms with E-state index in [2.05, 4.69) is 6.92 Å². The van der Waals surface area contributed by atoms with Crippen LogP contribution in [0.1, 0.15) is 52.4 Å². The van der Waals surface area contributed by atoms with Crippen molar-refractivity contribution in [2.24, 2.45) is 5.41 Å². The first-order chi connectivity index (χ1) is 9.63. The van der Waals surface area contributed by atoms with Gasteiger partial charge in [0.15, 0.2) is 5.79 Å². The zero-order valence-corrected chi connectivity index (χ0v) is 12.5. The highest BCUT2D eigenvalue weighted by Gasteiger charge is 2.58. The Labute approximate surface area is 120 Å². The van der Waals surface area contributed by atoms with Gasteiger partial charge in [-0.3, -0.25) is 0 Å². The van der Waals surface area contributed by atoms with Gasteiger partial charge < -0.3 is 14.2 Å². The molecule has 3 aliphatic rings. The summed E-state index contributed by atoms with van der Waals surface area (Å²) < 4.78 is 17.3. The van der Waals surface area contributed by atoms with Gasteiger partial charge in [-0.25, -0.2) is 4.79 Å². The molecular formula is C16H24O4. The van der Waals surface area contributed by atoms with E-state index in [-0.39, 0.29) is 11.4 Å². The summed E-state index contributed by atoms with van der Waals surface area (Å²) in [5.74, 6) is -0.637. The second-order valence-corrected chi connectivity index (χ2v) is 6.17. The average Bonchev–Trinajstić information content (AvgIpc) is 2.90. The summed E-state index contributed by atoms with van der Waals surface area (Å²) in [5, 5.41) is 0. The maximum Gasteiger partial charge on any atom is 0.333 e.